The molecule has 0 amide bonds. The predicted molar refractivity (Wildman–Crippen MR) is 48.0 cm³/mol. The van der Waals surface area contributed by atoms with Gasteiger partial charge in [0.1, 0.15) is 0 Å². The van der Waals surface area contributed by atoms with Crippen LogP contribution >= 0.6 is 0 Å². The van der Waals surface area contributed by atoms with Gasteiger partial charge in [0, 0.05) is 31.5 Å². The summed E-state index contributed by atoms with van der Waals surface area (Å²) in [6.45, 7) is 6.83. The van der Waals surface area contributed by atoms with E-state index in [0.29, 0.717) is 12.1 Å². The van der Waals surface area contributed by atoms with Crippen LogP contribution in [0.4, 0.5) is 0 Å². The van der Waals surface area contributed by atoms with E-state index >= 15 is 0 Å². The minimum Gasteiger partial charge on any atom is -0.332 e. The summed E-state index contributed by atoms with van der Waals surface area (Å²) in [5.41, 5.74) is 0. The molecule has 1 saturated heterocycles. The van der Waals surface area contributed by atoms with Crippen LogP contribution < -0.4 is 0 Å². The SMILES string of the molecule is CC(C)N1CC(n2ccnc2)C1. The molecule has 0 spiro atoms. The molecule has 1 fully saturated rings. The normalized spacial score (nSPS) is 19.9. The molecule has 1 aromatic heterocycles. The fraction of sp³-hybridized carbons (Fsp3) is 0.667. The van der Waals surface area contributed by atoms with Crippen LogP contribution in [0.1, 0.15) is 19.9 Å². The quantitative estimate of drug-likeness (QED) is 0.655. The van der Waals surface area contributed by atoms with Crippen molar-refractivity contribution in [3.05, 3.63) is 18.7 Å². The second-order valence-corrected chi connectivity index (χ2v) is 3.71. The van der Waals surface area contributed by atoms with Gasteiger partial charge in [0.2, 0.25) is 0 Å². The first-order valence-corrected chi connectivity index (χ1v) is 4.49. The van der Waals surface area contributed by atoms with Crippen LogP contribution in [-0.2, 0) is 0 Å². The molecule has 1 aliphatic heterocycles. The third-order valence-electron chi connectivity index (χ3n) is 2.57. The van der Waals surface area contributed by atoms with E-state index in [1.165, 1.54) is 13.1 Å². The van der Waals surface area contributed by atoms with Crippen LogP contribution in [0.25, 0.3) is 0 Å². The molecule has 0 atom stereocenters. The van der Waals surface area contributed by atoms with E-state index in [4.69, 9.17) is 0 Å². The number of nitrogens with zero attached hydrogens (tertiary/aromatic N) is 3. The third kappa shape index (κ3) is 1.25. The van der Waals surface area contributed by atoms with Crippen LogP contribution in [0.2, 0.25) is 0 Å². The zero-order valence-corrected chi connectivity index (χ0v) is 7.64. The Hall–Kier alpha value is -0.830. The first-order chi connectivity index (χ1) is 5.77. The predicted octanol–water partition coefficient (Wildman–Crippen LogP) is 1.15. The molecule has 0 radical (unpaired) electrons. The highest BCUT2D eigenvalue weighted by molar-refractivity contribution is 4.90. The van der Waals surface area contributed by atoms with Crippen molar-refractivity contribution >= 4 is 0 Å². The van der Waals surface area contributed by atoms with Crippen LogP contribution in [0.15, 0.2) is 18.7 Å². The Balaban J connectivity index is 1.90. The molecule has 0 aliphatic carbocycles. The highest BCUT2D eigenvalue weighted by Crippen LogP contribution is 2.22. The largest absolute Gasteiger partial charge is 0.332 e. The maximum absolute atomic E-state index is 4.04. The first kappa shape index (κ1) is 7.80. The van der Waals surface area contributed by atoms with Gasteiger partial charge in [0.25, 0.3) is 0 Å². The monoisotopic (exact) mass is 165 g/mol. The number of rotatable bonds is 2. The van der Waals surface area contributed by atoms with Crippen LogP contribution in [0.3, 0.4) is 0 Å². The average molecular weight is 165 g/mol. The van der Waals surface area contributed by atoms with Crippen molar-refractivity contribution in [1.82, 2.24) is 14.5 Å². The molecule has 0 aromatic carbocycles. The van der Waals surface area contributed by atoms with Gasteiger partial charge in [-0.1, -0.05) is 0 Å². The molecule has 1 aromatic rings. The smallest absolute Gasteiger partial charge is 0.0949 e. The Kier molecular flexibility index (Phi) is 1.89. The first-order valence-electron chi connectivity index (χ1n) is 4.49. The average Bonchev–Trinajstić information content (AvgIpc) is 2.34. The summed E-state index contributed by atoms with van der Waals surface area (Å²) in [6, 6.07) is 1.35. The number of hydrogen-bond donors (Lipinski definition) is 0. The van der Waals surface area contributed by atoms with Gasteiger partial charge < -0.3 is 4.57 Å². The molecule has 0 N–H and O–H groups in total. The molecule has 0 saturated carbocycles. The lowest BCUT2D eigenvalue weighted by atomic mass is 10.1. The Morgan fingerprint density at radius 2 is 2.17 bits per heavy atom. The van der Waals surface area contributed by atoms with E-state index in [0.717, 1.165) is 0 Å². The summed E-state index contributed by atoms with van der Waals surface area (Å²) >= 11 is 0. The lowest BCUT2D eigenvalue weighted by Gasteiger charge is -2.42. The molecule has 0 bridgehead atoms. The van der Waals surface area contributed by atoms with Crippen LogP contribution in [-0.4, -0.2) is 33.6 Å². The van der Waals surface area contributed by atoms with Gasteiger partial charge in [-0.05, 0) is 13.8 Å². The van der Waals surface area contributed by atoms with Gasteiger partial charge >= 0.3 is 0 Å². The van der Waals surface area contributed by atoms with Crippen molar-refractivity contribution in [3.8, 4) is 0 Å². The van der Waals surface area contributed by atoms with Crippen molar-refractivity contribution in [2.75, 3.05) is 13.1 Å². The minimum atomic E-state index is 0.662. The molecule has 3 heteroatoms. The van der Waals surface area contributed by atoms with E-state index in [2.05, 4.69) is 28.3 Å². The number of aromatic nitrogens is 2. The van der Waals surface area contributed by atoms with Crippen molar-refractivity contribution in [2.45, 2.75) is 25.9 Å². The van der Waals surface area contributed by atoms with Gasteiger partial charge in [-0.15, -0.1) is 0 Å². The zero-order chi connectivity index (χ0) is 8.55. The molecule has 3 nitrogen and oxygen atoms in total. The van der Waals surface area contributed by atoms with Gasteiger partial charge in [-0.3, -0.25) is 4.90 Å². The lowest BCUT2D eigenvalue weighted by molar-refractivity contribution is 0.0743. The summed E-state index contributed by atoms with van der Waals surface area (Å²) in [7, 11) is 0. The van der Waals surface area contributed by atoms with Gasteiger partial charge in [0.15, 0.2) is 0 Å². The van der Waals surface area contributed by atoms with E-state index in [1.807, 2.05) is 18.7 Å². The van der Waals surface area contributed by atoms with Crippen LogP contribution in [0, 0.1) is 0 Å². The molecule has 66 valence electrons. The molecular weight excluding hydrogens is 150 g/mol. The Bertz CT molecular complexity index is 234. The number of likely N-dealkylation sites (tertiary alicyclic amines) is 1. The maximum atomic E-state index is 4.04. The molecule has 2 rings (SSSR count). The second kappa shape index (κ2) is 2.90. The summed E-state index contributed by atoms with van der Waals surface area (Å²) in [4.78, 5) is 6.50. The second-order valence-electron chi connectivity index (χ2n) is 3.71. The minimum absolute atomic E-state index is 0.662. The number of hydrogen-bond acceptors (Lipinski definition) is 2. The molecule has 1 aliphatic rings. The van der Waals surface area contributed by atoms with E-state index < -0.39 is 0 Å². The summed E-state index contributed by atoms with van der Waals surface area (Å²) < 4.78 is 2.19. The highest BCUT2D eigenvalue weighted by Gasteiger charge is 2.28. The van der Waals surface area contributed by atoms with E-state index in [9.17, 15) is 0 Å². The Morgan fingerprint density at radius 1 is 1.42 bits per heavy atom. The molecule has 2 heterocycles. The van der Waals surface area contributed by atoms with E-state index in [1.54, 1.807) is 0 Å². The van der Waals surface area contributed by atoms with Gasteiger partial charge in [-0.2, -0.15) is 0 Å². The summed E-state index contributed by atoms with van der Waals surface area (Å²) in [5.74, 6) is 0. The standard InChI is InChI=1S/C9H15N3/c1-8(2)12-5-9(6-12)11-4-3-10-7-11/h3-4,7-9H,5-6H2,1-2H3. The third-order valence-corrected chi connectivity index (χ3v) is 2.57. The van der Waals surface area contributed by atoms with Crippen molar-refractivity contribution in [1.29, 1.82) is 0 Å². The molecule has 12 heavy (non-hydrogen) atoms. The highest BCUT2D eigenvalue weighted by atomic mass is 15.3. The van der Waals surface area contributed by atoms with Crippen molar-refractivity contribution in [2.24, 2.45) is 0 Å². The Labute approximate surface area is 73.0 Å². The van der Waals surface area contributed by atoms with Gasteiger partial charge in [0.05, 0.1) is 12.4 Å². The fourth-order valence-electron chi connectivity index (χ4n) is 1.58. The topological polar surface area (TPSA) is 21.1 Å². The lowest BCUT2D eigenvalue weighted by Crippen LogP contribution is -2.50. The zero-order valence-electron chi connectivity index (χ0n) is 7.64. The van der Waals surface area contributed by atoms with Crippen LogP contribution in [0.5, 0.6) is 0 Å². The fourth-order valence-corrected chi connectivity index (χ4v) is 1.58. The summed E-state index contributed by atoms with van der Waals surface area (Å²) in [5, 5.41) is 0. The molecule has 0 unspecified atom stereocenters. The number of imidazole rings is 1. The van der Waals surface area contributed by atoms with E-state index in [-0.39, 0.29) is 0 Å². The Morgan fingerprint density at radius 3 is 2.67 bits per heavy atom. The molecular formula is C9H15N3. The van der Waals surface area contributed by atoms with Crippen molar-refractivity contribution in [3.63, 3.8) is 0 Å². The maximum Gasteiger partial charge on any atom is 0.0949 e. The summed E-state index contributed by atoms with van der Waals surface area (Å²) in [6.07, 6.45) is 5.79. The van der Waals surface area contributed by atoms with Crippen molar-refractivity contribution < 1.29 is 0 Å². The van der Waals surface area contributed by atoms with Gasteiger partial charge in [-0.25, -0.2) is 4.98 Å².